The molecule has 2 aliphatic rings. The van der Waals surface area contributed by atoms with Gasteiger partial charge < -0.3 is 10.1 Å². The zero-order valence-corrected chi connectivity index (χ0v) is 5.09. The van der Waals surface area contributed by atoms with Crippen LogP contribution in [0, 0.1) is 0 Å². The first-order valence-corrected chi connectivity index (χ1v) is 3.29. The van der Waals surface area contributed by atoms with Gasteiger partial charge in [0.2, 0.25) is 0 Å². The average molecular weight is 127 g/mol. The Morgan fingerprint density at radius 1 is 1.67 bits per heavy atom. The number of ether oxygens (including phenoxy) is 1. The van der Waals surface area contributed by atoms with Crippen molar-refractivity contribution in [2.45, 2.75) is 25.0 Å². The molecule has 50 valence electrons. The van der Waals surface area contributed by atoms with E-state index in [2.05, 4.69) is 5.32 Å². The molecule has 0 bridgehead atoms. The van der Waals surface area contributed by atoms with Crippen molar-refractivity contribution in [3.05, 3.63) is 0 Å². The van der Waals surface area contributed by atoms with Crippen LogP contribution in [0.15, 0.2) is 0 Å². The molecule has 0 aliphatic carbocycles. The van der Waals surface area contributed by atoms with Gasteiger partial charge in [-0.3, -0.25) is 4.79 Å². The van der Waals surface area contributed by atoms with Crippen molar-refractivity contribution >= 4 is 5.97 Å². The maximum Gasteiger partial charge on any atom is 0.307 e. The smallest absolute Gasteiger partial charge is 0.307 e. The first-order chi connectivity index (χ1) is 4.36. The molecule has 3 nitrogen and oxygen atoms in total. The second-order valence-electron chi connectivity index (χ2n) is 2.58. The highest BCUT2D eigenvalue weighted by Crippen LogP contribution is 2.21. The SMILES string of the molecule is O=C1C[C@H]2NCC[C@H]2O1. The summed E-state index contributed by atoms with van der Waals surface area (Å²) in [6.45, 7) is 1.00. The predicted molar refractivity (Wildman–Crippen MR) is 30.9 cm³/mol. The maximum atomic E-state index is 10.6. The molecule has 1 N–H and O–H groups in total. The maximum absolute atomic E-state index is 10.6. The molecule has 0 unspecified atom stereocenters. The van der Waals surface area contributed by atoms with Crippen molar-refractivity contribution in [1.82, 2.24) is 5.32 Å². The summed E-state index contributed by atoms with van der Waals surface area (Å²) in [6.07, 6.45) is 1.76. The van der Waals surface area contributed by atoms with Gasteiger partial charge >= 0.3 is 5.97 Å². The van der Waals surface area contributed by atoms with E-state index in [9.17, 15) is 4.79 Å². The van der Waals surface area contributed by atoms with Gasteiger partial charge in [-0.15, -0.1) is 0 Å². The first kappa shape index (κ1) is 5.23. The third-order valence-electron chi connectivity index (χ3n) is 1.95. The van der Waals surface area contributed by atoms with Gasteiger partial charge in [0.25, 0.3) is 0 Å². The van der Waals surface area contributed by atoms with Crippen molar-refractivity contribution in [3.8, 4) is 0 Å². The van der Waals surface area contributed by atoms with E-state index in [1.807, 2.05) is 0 Å². The number of carbonyl (C=O) groups is 1. The highest BCUT2D eigenvalue weighted by Gasteiger charge is 2.37. The lowest BCUT2D eigenvalue weighted by atomic mass is 10.2. The van der Waals surface area contributed by atoms with E-state index in [1.54, 1.807) is 0 Å². The van der Waals surface area contributed by atoms with Gasteiger partial charge in [0.15, 0.2) is 0 Å². The number of rotatable bonds is 0. The van der Waals surface area contributed by atoms with Gasteiger partial charge in [0, 0.05) is 0 Å². The van der Waals surface area contributed by atoms with Crippen LogP contribution in [0.25, 0.3) is 0 Å². The molecule has 3 heteroatoms. The molecule has 2 fully saturated rings. The van der Waals surface area contributed by atoms with E-state index in [0.29, 0.717) is 12.5 Å². The lowest BCUT2D eigenvalue weighted by molar-refractivity contribution is -0.141. The molecule has 0 spiro atoms. The minimum absolute atomic E-state index is 0.0443. The number of hydrogen-bond acceptors (Lipinski definition) is 3. The van der Waals surface area contributed by atoms with Crippen molar-refractivity contribution in [2.75, 3.05) is 6.54 Å². The molecule has 2 saturated heterocycles. The summed E-state index contributed by atoms with van der Waals surface area (Å²) in [7, 11) is 0. The molecule has 2 heterocycles. The van der Waals surface area contributed by atoms with Crippen LogP contribution in [-0.2, 0) is 9.53 Å². The van der Waals surface area contributed by atoms with Gasteiger partial charge in [-0.1, -0.05) is 0 Å². The molecule has 0 aromatic rings. The molecule has 0 saturated carbocycles. The molecular weight excluding hydrogens is 118 g/mol. The van der Waals surface area contributed by atoms with Crippen LogP contribution in [0.1, 0.15) is 12.8 Å². The fraction of sp³-hybridized carbons (Fsp3) is 0.833. The predicted octanol–water partition coefficient (Wildman–Crippen LogP) is -0.336. The molecular formula is C6H9NO2. The number of carbonyl (C=O) groups excluding carboxylic acids is 1. The lowest BCUT2D eigenvalue weighted by Gasteiger charge is -2.03. The van der Waals surface area contributed by atoms with E-state index in [0.717, 1.165) is 13.0 Å². The Hall–Kier alpha value is -0.570. The highest BCUT2D eigenvalue weighted by molar-refractivity contribution is 5.73. The molecule has 0 radical (unpaired) electrons. The minimum atomic E-state index is -0.0443. The molecule has 0 aromatic carbocycles. The standard InChI is InChI=1S/C6H9NO2/c8-6-3-4-5(9-6)1-2-7-4/h4-5,7H,1-3H2/t4-,5-/m1/s1. The van der Waals surface area contributed by atoms with Crippen molar-refractivity contribution < 1.29 is 9.53 Å². The Morgan fingerprint density at radius 3 is 3.33 bits per heavy atom. The summed E-state index contributed by atoms with van der Waals surface area (Å²) in [5.74, 6) is -0.0443. The largest absolute Gasteiger partial charge is 0.461 e. The van der Waals surface area contributed by atoms with Crippen LogP contribution in [0.2, 0.25) is 0 Å². The molecule has 2 rings (SSSR count). The Labute approximate surface area is 53.4 Å². The van der Waals surface area contributed by atoms with Gasteiger partial charge in [-0.2, -0.15) is 0 Å². The fourth-order valence-corrected chi connectivity index (χ4v) is 1.48. The van der Waals surface area contributed by atoms with E-state index < -0.39 is 0 Å². The summed E-state index contributed by atoms with van der Waals surface area (Å²) >= 11 is 0. The second kappa shape index (κ2) is 1.70. The molecule has 9 heavy (non-hydrogen) atoms. The van der Waals surface area contributed by atoms with Crippen molar-refractivity contribution in [2.24, 2.45) is 0 Å². The number of hydrogen-bond donors (Lipinski definition) is 1. The summed E-state index contributed by atoms with van der Waals surface area (Å²) < 4.78 is 4.98. The topological polar surface area (TPSA) is 38.3 Å². The molecule has 2 aliphatic heterocycles. The Kier molecular flexibility index (Phi) is 0.990. The zero-order valence-electron chi connectivity index (χ0n) is 5.09. The number of fused-ring (bicyclic) bond motifs is 1. The van der Waals surface area contributed by atoms with Gasteiger partial charge in [-0.05, 0) is 13.0 Å². The van der Waals surface area contributed by atoms with Crippen LogP contribution in [0.5, 0.6) is 0 Å². The first-order valence-electron chi connectivity index (χ1n) is 3.29. The normalized spacial score (nSPS) is 40.7. The summed E-state index contributed by atoms with van der Waals surface area (Å²) in [5.41, 5.74) is 0. The molecule has 2 atom stereocenters. The minimum Gasteiger partial charge on any atom is -0.461 e. The van der Waals surface area contributed by atoms with Crippen LogP contribution in [0.4, 0.5) is 0 Å². The summed E-state index contributed by atoms with van der Waals surface area (Å²) in [4.78, 5) is 10.6. The molecule has 0 amide bonds. The lowest BCUT2D eigenvalue weighted by Crippen LogP contribution is -2.25. The third-order valence-corrected chi connectivity index (χ3v) is 1.95. The van der Waals surface area contributed by atoms with Gasteiger partial charge in [0.1, 0.15) is 6.10 Å². The quantitative estimate of drug-likeness (QED) is 0.452. The Bertz CT molecular complexity index is 132. The summed E-state index contributed by atoms with van der Waals surface area (Å²) in [5, 5.41) is 3.20. The van der Waals surface area contributed by atoms with Crippen molar-refractivity contribution in [3.63, 3.8) is 0 Å². The van der Waals surface area contributed by atoms with E-state index in [1.165, 1.54) is 0 Å². The Balaban J connectivity index is 2.09. The number of esters is 1. The monoisotopic (exact) mass is 127 g/mol. The zero-order chi connectivity index (χ0) is 6.27. The van der Waals surface area contributed by atoms with Crippen LogP contribution < -0.4 is 5.32 Å². The number of nitrogens with one attached hydrogen (secondary N) is 1. The summed E-state index contributed by atoms with van der Waals surface area (Å²) in [6, 6.07) is 0.331. The van der Waals surface area contributed by atoms with Crippen molar-refractivity contribution in [1.29, 1.82) is 0 Å². The van der Waals surface area contributed by atoms with Crippen LogP contribution in [0.3, 0.4) is 0 Å². The highest BCUT2D eigenvalue weighted by atomic mass is 16.6. The van der Waals surface area contributed by atoms with Crippen LogP contribution in [-0.4, -0.2) is 24.7 Å². The average Bonchev–Trinajstić information content (AvgIpc) is 2.22. The van der Waals surface area contributed by atoms with E-state index >= 15 is 0 Å². The van der Waals surface area contributed by atoms with E-state index in [4.69, 9.17) is 4.74 Å². The Morgan fingerprint density at radius 2 is 2.56 bits per heavy atom. The fourth-order valence-electron chi connectivity index (χ4n) is 1.48. The van der Waals surface area contributed by atoms with Crippen LogP contribution >= 0.6 is 0 Å². The second-order valence-corrected chi connectivity index (χ2v) is 2.58. The van der Waals surface area contributed by atoms with Gasteiger partial charge in [-0.25, -0.2) is 0 Å². The van der Waals surface area contributed by atoms with Gasteiger partial charge in [0.05, 0.1) is 12.5 Å². The van der Waals surface area contributed by atoms with E-state index in [-0.39, 0.29) is 12.1 Å². The third kappa shape index (κ3) is 0.721. The molecule has 0 aromatic heterocycles.